The smallest absolute Gasteiger partial charge is 0.0717 e. The molecule has 24 heavy (non-hydrogen) atoms. The quantitative estimate of drug-likeness (QED) is 0.659. The molecule has 0 atom stereocenters. The summed E-state index contributed by atoms with van der Waals surface area (Å²) in [6.07, 6.45) is 6.34. The van der Waals surface area contributed by atoms with Crippen molar-refractivity contribution in [3.63, 3.8) is 0 Å². The van der Waals surface area contributed by atoms with Crippen LogP contribution < -0.4 is 0 Å². The molecule has 0 saturated heterocycles. The van der Waals surface area contributed by atoms with E-state index in [0.29, 0.717) is 13.0 Å². The van der Waals surface area contributed by atoms with Crippen LogP contribution in [0.3, 0.4) is 0 Å². The van der Waals surface area contributed by atoms with Crippen molar-refractivity contribution in [1.29, 1.82) is 5.26 Å². The first-order valence-electron chi connectivity index (χ1n) is 8.90. The van der Waals surface area contributed by atoms with Crippen molar-refractivity contribution in [2.75, 3.05) is 6.61 Å². The Morgan fingerprint density at radius 3 is 2.46 bits per heavy atom. The van der Waals surface area contributed by atoms with Crippen LogP contribution >= 0.6 is 0 Å². The Morgan fingerprint density at radius 2 is 1.71 bits per heavy atom. The van der Waals surface area contributed by atoms with Gasteiger partial charge < -0.3 is 4.74 Å². The maximum atomic E-state index is 9.23. The fourth-order valence-corrected chi connectivity index (χ4v) is 3.78. The van der Waals surface area contributed by atoms with Crippen molar-refractivity contribution in [3.05, 3.63) is 71.3 Å². The summed E-state index contributed by atoms with van der Waals surface area (Å²) in [5.74, 6) is 0. The molecule has 1 aliphatic carbocycles. The first-order chi connectivity index (χ1) is 11.8. The molecule has 2 aromatic rings. The maximum Gasteiger partial charge on any atom is 0.0717 e. The fourth-order valence-electron chi connectivity index (χ4n) is 3.78. The minimum absolute atomic E-state index is 0.0929. The summed E-state index contributed by atoms with van der Waals surface area (Å²) < 4.78 is 5.81. The van der Waals surface area contributed by atoms with Gasteiger partial charge in [0, 0.05) is 11.8 Å². The lowest BCUT2D eigenvalue weighted by atomic mass is 9.76. The second-order valence-corrected chi connectivity index (χ2v) is 6.81. The summed E-state index contributed by atoms with van der Waals surface area (Å²) in [4.78, 5) is 0. The molecule has 3 rings (SSSR count). The minimum Gasteiger partial charge on any atom is -0.376 e. The van der Waals surface area contributed by atoms with Crippen LogP contribution in [0.4, 0.5) is 0 Å². The van der Waals surface area contributed by atoms with Crippen LogP contribution in [0.15, 0.2) is 54.6 Å². The van der Waals surface area contributed by atoms with Crippen molar-refractivity contribution in [3.8, 4) is 6.07 Å². The SMILES string of the molecule is N#CCC1(c2cccc(CCOCc3ccccc3)c2)CCCC1. The molecule has 0 aliphatic heterocycles. The van der Waals surface area contributed by atoms with Crippen molar-refractivity contribution < 1.29 is 4.74 Å². The summed E-state index contributed by atoms with van der Waals surface area (Å²) in [7, 11) is 0. The lowest BCUT2D eigenvalue weighted by Crippen LogP contribution is -2.21. The van der Waals surface area contributed by atoms with Gasteiger partial charge in [0.15, 0.2) is 0 Å². The summed E-state index contributed by atoms with van der Waals surface area (Å²) in [6.45, 7) is 1.39. The molecule has 0 bridgehead atoms. The molecular formula is C22H25NO. The van der Waals surface area contributed by atoms with Crippen LogP contribution in [0.2, 0.25) is 0 Å². The second-order valence-electron chi connectivity index (χ2n) is 6.81. The average molecular weight is 319 g/mol. The molecule has 2 aromatic carbocycles. The molecule has 124 valence electrons. The van der Waals surface area contributed by atoms with Crippen molar-refractivity contribution in [2.45, 2.75) is 50.5 Å². The molecule has 0 radical (unpaired) electrons. The molecule has 0 aromatic heterocycles. The highest BCUT2D eigenvalue weighted by Gasteiger charge is 2.35. The predicted molar refractivity (Wildman–Crippen MR) is 96.6 cm³/mol. The van der Waals surface area contributed by atoms with Gasteiger partial charge in [0.2, 0.25) is 0 Å². The van der Waals surface area contributed by atoms with Gasteiger partial charge in [-0.15, -0.1) is 0 Å². The van der Waals surface area contributed by atoms with Gasteiger partial charge in [-0.2, -0.15) is 5.26 Å². The van der Waals surface area contributed by atoms with Crippen LogP contribution in [0, 0.1) is 11.3 Å². The Labute approximate surface area is 145 Å². The number of hydrogen-bond acceptors (Lipinski definition) is 2. The maximum absolute atomic E-state index is 9.23. The predicted octanol–water partition coefficient (Wildman–Crippen LogP) is 5.17. The van der Waals surface area contributed by atoms with Gasteiger partial charge in [-0.3, -0.25) is 0 Å². The highest BCUT2D eigenvalue weighted by Crippen LogP contribution is 2.43. The molecule has 0 spiro atoms. The van der Waals surface area contributed by atoms with Crippen LogP contribution in [-0.2, 0) is 23.2 Å². The number of rotatable bonds is 7. The Morgan fingerprint density at radius 1 is 0.958 bits per heavy atom. The van der Waals surface area contributed by atoms with Gasteiger partial charge in [-0.05, 0) is 36.0 Å². The zero-order valence-corrected chi connectivity index (χ0v) is 14.2. The molecule has 0 heterocycles. The molecule has 1 aliphatic rings. The number of benzene rings is 2. The summed E-state index contributed by atoms with van der Waals surface area (Å²) >= 11 is 0. The van der Waals surface area contributed by atoms with Crippen LogP contribution in [0.1, 0.15) is 48.8 Å². The van der Waals surface area contributed by atoms with E-state index in [0.717, 1.165) is 25.9 Å². The monoisotopic (exact) mass is 319 g/mol. The van der Waals surface area contributed by atoms with E-state index in [9.17, 15) is 5.26 Å². The van der Waals surface area contributed by atoms with E-state index in [1.165, 1.54) is 29.5 Å². The fraction of sp³-hybridized carbons (Fsp3) is 0.409. The number of hydrogen-bond donors (Lipinski definition) is 0. The molecule has 0 N–H and O–H groups in total. The Hall–Kier alpha value is -2.11. The van der Waals surface area contributed by atoms with E-state index >= 15 is 0 Å². The third-order valence-electron chi connectivity index (χ3n) is 5.16. The van der Waals surface area contributed by atoms with Crippen LogP contribution in [0.25, 0.3) is 0 Å². The molecule has 0 unspecified atom stereocenters. The zero-order valence-electron chi connectivity index (χ0n) is 14.2. The molecule has 2 heteroatoms. The van der Waals surface area contributed by atoms with Gasteiger partial charge in [0.25, 0.3) is 0 Å². The molecule has 1 fully saturated rings. The Balaban J connectivity index is 1.58. The van der Waals surface area contributed by atoms with Gasteiger partial charge in [0.05, 0.1) is 19.3 Å². The first kappa shape index (κ1) is 16.7. The topological polar surface area (TPSA) is 33.0 Å². The van der Waals surface area contributed by atoms with Crippen LogP contribution in [-0.4, -0.2) is 6.61 Å². The molecular weight excluding hydrogens is 294 g/mol. The van der Waals surface area contributed by atoms with Gasteiger partial charge in [-0.25, -0.2) is 0 Å². The van der Waals surface area contributed by atoms with E-state index in [-0.39, 0.29) is 5.41 Å². The highest BCUT2D eigenvalue weighted by molar-refractivity contribution is 5.32. The minimum atomic E-state index is 0.0929. The standard InChI is InChI=1S/C22H25NO/c23-15-14-22(12-4-5-13-22)21-10-6-9-19(17-21)11-16-24-18-20-7-2-1-3-8-20/h1-3,6-10,17H,4-5,11-14,16,18H2. The normalized spacial score (nSPS) is 16.0. The number of nitriles is 1. The number of nitrogens with zero attached hydrogens (tertiary/aromatic N) is 1. The Kier molecular flexibility index (Phi) is 5.67. The molecule has 1 saturated carbocycles. The van der Waals surface area contributed by atoms with Gasteiger partial charge in [0.1, 0.15) is 0 Å². The van der Waals surface area contributed by atoms with E-state index in [1.807, 2.05) is 18.2 Å². The summed E-state index contributed by atoms with van der Waals surface area (Å²) in [5.41, 5.74) is 3.97. The summed E-state index contributed by atoms with van der Waals surface area (Å²) in [5, 5.41) is 9.23. The van der Waals surface area contributed by atoms with Crippen molar-refractivity contribution >= 4 is 0 Å². The van der Waals surface area contributed by atoms with E-state index in [4.69, 9.17) is 4.74 Å². The van der Waals surface area contributed by atoms with Crippen LogP contribution in [0.5, 0.6) is 0 Å². The third-order valence-corrected chi connectivity index (χ3v) is 5.16. The Bertz CT molecular complexity index is 681. The zero-order chi connectivity index (χ0) is 16.7. The van der Waals surface area contributed by atoms with Crippen molar-refractivity contribution in [2.24, 2.45) is 0 Å². The van der Waals surface area contributed by atoms with E-state index in [2.05, 4.69) is 42.5 Å². The number of ether oxygens (including phenoxy) is 1. The van der Waals surface area contributed by atoms with Gasteiger partial charge >= 0.3 is 0 Å². The highest BCUT2D eigenvalue weighted by atomic mass is 16.5. The average Bonchev–Trinajstić information content (AvgIpc) is 3.10. The third kappa shape index (κ3) is 4.04. The van der Waals surface area contributed by atoms with Crippen molar-refractivity contribution in [1.82, 2.24) is 0 Å². The first-order valence-corrected chi connectivity index (χ1v) is 8.90. The summed E-state index contributed by atoms with van der Waals surface area (Å²) in [6, 6.07) is 21.5. The molecule has 0 amide bonds. The lowest BCUT2D eigenvalue weighted by Gasteiger charge is -2.27. The molecule has 2 nitrogen and oxygen atoms in total. The largest absolute Gasteiger partial charge is 0.376 e. The van der Waals surface area contributed by atoms with Gasteiger partial charge in [-0.1, -0.05) is 67.4 Å². The van der Waals surface area contributed by atoms with E-state index in [1.54, 1.807) is 0 Å². The van der Waals surface area contributed by atoms with E-state index < -0.39 is 0 Å². The second kappa shape index (κ2) is 8.13. The lowest BCUT2D eigenvalue weighted by molar-refractivity contribution is 0.124.